The van der Waals surface area contributed by atoms with Gasteiger partial charge in [0.05, 0.1) is 12.5 Å². The van der Waals surface area contributed by atoms with Crippen LogP contribution in [-0.2, 0) is 9.59 Å². The van der Waals surface area contributed by atoms with Crippen molar-refractivity contribution in [2.75, 3.05) is 13.1 Å². The highest BCUT2D eigenvalue weighted by Crippen LogP contribution is 2.08. The molecule has 0 aliphatic rings. The van der Waals surface area contributed by atoms with E-state index in [0.29, 0.717) is 6.54 Å². The smallest absolute Gasteiger partial charge is 0.305 e. The summed E-state index contributed by atoms with van der Waals surface area (Å²) in [6.07, 6.45) is 0.802. The van der Waals surface area contributed by atoms with Crippen LogP contribution in [0.5, 0.6) is 0 Å². The van der Waals surface area contributed by atoms with Crippen LogP contribution in [0, 0.1) is 5.92 Å². The minimum Gasteiger partial charge on any atom is -0.481 e. The molecule has 1 unspecified atom stereocenters. The van der Waals surface area contributed by atoms with Gasteiger partial charge in [0.25, 0.3) is 0 Å². The zero-order valence-electron chi connectivity index (χ0n) is 10.3. The van der Waals surface area contributed by atoms with E-state index < -0.39 is 12.0 Å². The molecule has 0 aromatic carbocycles. The highest BCUT2D eigenvalue weighted by molar-refractivity contribution is 5.82. The van der Waals surface area contributed by atoms with Crippen molar-refractivity contribution in [3.05, 3.63) is 0 Å². The Hall–Kier alpha value is -1.10. The summed E-state index contributed by atoms with van der Waals surface area (Å²) in [4.78, 5) is 23.8. The van der Waals surface area contributed by atoms with Crippen molar-refractivity contribution in [2.24, 2.45) is 11.7 Å². The Labute approximate surface area is 96.6 Å². The van der Waals surface area contributed by atoms with Crippen LogP contribution in [0.4, 0.5) is 0 Å². The first-order valence-corrected chi connectivity index (χ1v) is 5.70. The zero-order chi connectivity index (χ0) is 12.7. The van der Waals surface area contributed by atoms with Crippen LogP contribution in [0.1, 0.15) is 33.6 Å². The zero-order valence-corrected chi connectivity index (χ0v) is 10.3. The van der Waals surface area contributed by atoms with Crippen molar-refractivity contribution in [3.8, 4) is 0 Å². The van der Waals surface area contributed by atoms with Crippen LogP contribution in [0.25, 0.3) is 0 Å². The van der Waals surface area contributed by atoms with E-state index in [1.165, 1.54) is 4.90 Å². The molecule has 3 N–H and O–H groups in total. The number of carbonyl (C=O) groups excluding carboxylic acids is 1. The number of amides is 1. The summed E-state index contributed by atoms with van der Waals surface area (Å²) >= 11 is 0. The fourth-order valence-corrected chi connectivity index (χ4v) is 1.36. The second-order valence-corrected chi connectivity index (χ2v) is 3.97. The number of hydrogen-bond acceptors (Lipinski definition) is 3. The molecule has 0 heterocycles. The van der Waals surface area contributed by atoms with Crippen LogP contribution < -0.4 is 5.73 Å². The van der Waals surface area contributed by atoms with E-state index in [0.717, 1.165) is 6.42 Å². The fraction of sp³-hybridized carbons (Fsp3) is 0.818. The van der Waals surface area contributed by atoms with Crippen LogP contribution in [0.3, 0.4) is 0 Å². The van der Waals surface area contributed by atoms with Gasteiger partial charge < -0.3 is 15.7 Å². The third-order valence-corrected chi connectivity index (χ3v) is 2.83. The number of carboxylic acid groups (broad SMARTS) is 1. The molecule has 0 rings (SSSR count). The normalized spacial score (nSPS) is 14.2. The highest BCUT2D eigenvalue weighted by atomic mass is 16.4. The summed E-state index contributed by atoms with van der Waals surface area (Å²) in [6, 6.07) is -0.529. The molecule has 94 valence electrons. The monoisotopic (exact) mass is 230 g/mol. The lowest BCUT2D eigenvalue weighted by Gasteiger charge is -2.26. The molecule has 0 saturated carbocycles. The number of nitrogens with zero attached hydrogens (tertiary/aromatic N) is 1. The van der Waals surface area contributed by atoms with Crippen LogP contribution >= 0.6 is 0 Å². The lowest BCUT2D eigenvalue weighted by atomic mass is 9.99. The van der Waals surface area contributed by atoms with Crippen molar-refractivity contribution < 1.29 is 14.7 Å². The van der Waals surface area contributed by atoms with Gasteiger partial charge in [0.2, 0.25) is 5.91 Å². The Morgan fingerprint density at radius 3 is 2.31 bits per heavy atom. The van der Waals surface area contributed by atoms with Crippen molar-refractivity contribution >= 4 is 11.9 Å². The molecule has 0 aromatic heterocycles. The Morgan fingerprint density at radius 1 is 1.38 bits per heavy atom. The first-order chi connectivity index (χ1) is 7.43. The van der Waals surface area contributed by atoms with E-state index in [9.17, 15) is 9.59 Å². The van der Waals surface area contributed by atoms with Gasteiger partial charge in [0, 0.05) is 13.1 Å². The number of aliphatic carboxylic acids is 1. The Bertz CT molecular complexity index is 243. The van der Waals surface area contributed by atoms with Crippen molar-refractivity contribution in [3.63, 3.8) is 0 Å². The third kappa shape index (κ3) is 4.61. The molecular formula is C11H22N2O3. The maximum Gasteiger partial charge on any atom is 0.305 e. The summed E-state index contributed by atoms with van der Waals surface area (Å²) in [5.41, 5.74) is 5.82. The second-order valence-electron chi connectivity index (χ2n) is 3.97. The largest absolute Gasteiger partial charge is 0.481 e. The standard InChI is InChI=1S/C11H22N2O3/c1-4-8(3)10(12)11(16)13(5-2)7-6-9(14)15/h8,10H,4-7,12H2,1-3H3,(H,14,15)/t8?,10-/m0/s1. The van der Waals surface area contributed by atoms with Gasteiger partial charge in [-0.05, 0) is 12.8 Å². The number of nitrogens with two attached hydrogens (primary N) is 1. The van der Waals surface area contributed by atoms with Crippen LogP contribution in [0.2, 0.25) is 0 Å². The first-order valence-electron chi connectivity index (χ1n) is 5.70. The molecule has 5 heteroatoms. The van der Waals surface area contributed by atoms with Gasteiger partial charge in [-0.2, -0.15) is 0 Å². The van der Waals surface area contributed by atoms with E-state index in [-0.39, 0.29) is 24.8 Å². The van der Waals surface area contributed by atoms with Gasteiger partial charge in [0.1, 0.15) is 0 Å². The molecule has 1 amide bonds. The molecular weight excluding hydrogens is 208 g/mol. The molecule has 0 bridgehead atoms. The third-order valence-electron chi connectivity index (χ3n) is 2.83. The van der Waals surface area contributed by atoms with Crippen molar-refractivity contribution in [2.45, 2.75) is 39.7 Å². The van der Waals surface area contributed by atoms with Gasteiger partial charge >= 0.3 is 5.97 Å². The van der Waals surface area contributed by atoms with Gasteiger partial charge in [-0.1, -0.05) is 20.3 Å². The summed E-state index contributed by atoms with van der Waals surface area (Å²) in [5, 5.41) is 8.56. The van der Waals surface area contributed by atoms with E-state index in [2.05, 4.69) is 0 Å². The maximum atomic E-state index is 11.9. The predicted molar refractivity (Wildman–Crippen MR) is 61.9 cm³/mol. The Kier molecular flexibility index (Phi) is 6.72. The summed E-state index contributed by atoms with van der Waals surface area (Å²) in [5.74, 6) is -0.937. The summed E-state index contributed by atoms with van der Waals surface area (Å²) in [6.45, 7) is 6.45. The molecule has 0 saturated heterocycles. The lowest BCUT2D eigenvalue weighted by molar-refractivity contribution is -0.139. The molecule has 0 fully saturated rings. The summed E-state index contributed by atoms with van der Waals surface area (Å²) in [7, 11) is 0. The molecule has 0 radical (unpaired) electrons. The molecule has 16 heavy (non-hydrogen) atoms. The highest BCUT2D eigenvalue weighted by Gasteiger charge is 2.24. The molecule has 2 atom stereocenters. The molecule has 0 aliphatic carbocycles. The second kappa shape index (κ2) is 7.22. The molecule has 0 aromatic rings. The van der Waals surface area contributed by atoms with E-state index in [1.54, 1.807) is 0 Å². The SMILES string of the molecule is CCC(C)[C@H](N)C(=O)N(CC)CCC(=O)O. The molecule has 0 aliphatic heterocycles. The summed E-state index contributed by atoms with van der Waals surface area (Å²) < 4.78 is 0. The number of carbonyl (C=O) groups is 2. The number of hydrogen-bond donors (Lipinski definition) is 2. The number of rotatable bonds is 7. The minimum absolute atomic E-state index is 0.0349. The number of likely N-dealkylation sites (N-methyl/N-ethyl adjacent to an activating group) is 1. The van der Waals surface area contributed by atoms with Crippen molar-refractivity contribution in [1.82, 2.24) is 4.90 Å². The Balaban J connectivity index is 4.34. The van der Waals surface area contributed by atoms with Crippen LogP contribution in [-0.4, -0.2) is 41.0 Å². The van der Waals surface area contributed by atoms with Gasteiger partial charge in [-0.15, -0.1) is 0 Å². The molecule has 5 nitrogen and oxygen atoms in total. The lowest BCUT2D eigenvalue weighted by Crippen LogP contribution is -2.47. The van der Waals surface area contributed by atoms with Gasteiger partial charge in [0.15, 0.2) is 0 Å². The minimum atomic E-state index is -0.900. The average molecular weight is 230 g/mol. The fourth-order valence-electron chi connectivity index (χ4n) is 1.36. The van der Waals surface area contributed by atoms with E-state index >= 15 is 0 Å². The first kappa shape index (κ1) is 14.9. The Morgan fingerprint density at radius 2 is 1.94 bits per heavy atom. The maximum absolute atomic E-state index is 11.9. The van der Waals surface area contributed by atoms with Crippen LogP contribution in [0.15, 0.2) is 0 Å². The van der Waals surface area contributed by atoms with Crippen molar-refractivity contribution in [1.29, 1.82) is 0 Å². The average Bonchev–Trinajstić information content (AvgIpc) is 2.27. The van der Waals surface area contributed by atoms with E-state index in [1.807, 2.05) is 20.8 Å². The quantitative estimate of drug-likeness (QED) is 0.673. The van der Waals surface area contributed by atoms with Gasteiger partial charge in [-0.3, -0.25) is 9.59 Å². The topological polar surface area (TPSA) is 83.6 Å². The predicted octanol–water partition coefficient (Wildman–Crippen LogP) is 0.683. The van der Waals surface area contributed by atoms with E-state index in [4.69, 9.17) is 10.8 Å². The molecule has 0 spiro atoms. The number of carboxylic acids is 1. The van der Waals surface area contributed by atoms with Gasteiger partial charge in [-0.25, -0.2) is 0 Å².